The van der Waals surface area contributed by atoms with Crippen LogP contribution in [0.25, 0.3) is 0 Å². The van der Waals surface area contributed by atoms with Gasteiger partial charge in [0.1, 0.15) is 6.04 Å². The summed E-state index contributed by atoms with van der Waals surface area (Å²) < 4.78 is 4.00. The number of carbonyl (C=O) groups is 3. The van der Waals surface area contributed by atoms with Crippen LogP contribution in [0.2, 0.25) is 0 Å². The number of thioether (sulfide) groups is 1. The van der Waals surface area contributed by atoms with Crippen molar-refractivity contribution < 1.29 is 24.2 Å². The Balaban J connectivity index is 1.52. The molecule has 1 N–H and O–H groups in total. The number of aliphatic hydroxyl groups excluding tert-OH is 1. The highest BCUT2D eigenvalue weighted by molar-refractivity contribution is 8.02. The standard InChI is InChI=1S/C27H40N4O5S/c1-4-9-29-10-5-7-26(3)20(23(29)33)21-24(34)31(19(2)18-32)22-25(35)30(11-6-8-27(21,22)37-26)13-12-28-14-16-36-17-15-28/h5-8,19-22,32H,4,9-18H2,1-3H3/t19-,20-,21+,22?,26+,27+/m1/s1. The van der Waals surface area contributed by atoms with Crippen LogP contribution in [0.3, 0.4) is 0 Å². The third kappa shape index (κ3) is 4.33. The molecule has 1 unspecified atom stereocenters. The van der Waals surface area contributed by atoms with Gasteiger partial charge in [0.25, 0.3) is 0 Å². The first-order chi connectivity index (χ1) is 17.8. The summed E-state index contributed by atoms with van der Waals surface area (Å²) in [5, 5.41) is 10.1. The van der Waals surface area contributed by atoms with Gasteiger partial charge in [-0.2, -0.15) is 0 Å². The molecule has 3 saturated heterocycles. The zero-order valence-corrected chi connectivity index (χ0v) is 23.0. The van der Waals surface area contributed by atoms with Gasteiger partial charge in [0, 0.05) is 50.6 Å². The topological polar surface area (TPSA) is 93.6 Å². The van der Waals surface area contributed by atoms with E-state index in [0.29, 0.717) is 39.4 Å². The van der Waals surface area contributed by atoms with E-state index in [0.717, 1.165) is 26.1 Å². The molecule has 3 amide bonds. The zero-order valence-electron chi connectivity index (χ0n) is 22.2. The van der Waals surface area contributed by atoms with Crippen molar-refractivity contribution in [3.05, 3.63) is 24.3 Å². The maximum absolute atomic E-state index is 14.3. The Labute approximate surface area is 223 Å². The second-order valence-electron chi connectivity index (χ2n) is 11.1. The normalized spacial score (nSPS) is 36.9. The van der Waals surface area contributed by atoms with Crippen LogP contribution in [0.5, 0.6) is 0 Å². The Hall–Kier alpha value is -1.88. The van der Waals surface area contributed by atoms with Crippen molar-refractivity contribution in [2.24, 2.45) is 11.8 Å². The van der Waals surface area contributed by atoms with Crippen LogP contribution >= 0.6 is 11.8 Å². The van der Waals surface area contributed by atoms with Crippen molar-refractivity contribution in [2.75, 3.05) is 65.6 Å². The summed E-state index contributed by atoms with van der Waals surface area (Å²) in [5.74, 6) is -1.52. The van der Waals surface area contributed by atoms with Crippen molar-refractivity contribution >= 4 is 29.5 Å². The van der Waals surface area contributed by atoms with Gasteiger partial charge in [0.05, 0.1) is 42.4 Å². The molecule has 0 aliphatic carbocycles. The van der Waals surface area contributed by atoms with Crippen molar-refractivity contribution in [3.8, 4) is 0 Å². The zero-order chi connectivity index (χ0) is 26.4. The fraction of sp³-hybridized carbons (Fsp3) is 0.741. The fourth-order valence-corrected chi connectivity index (χ4v) is 9.02. The minimum Gasteiger partial charge on any atom is -0.394 e. The van der Waals surface area contributed by atoms with Gasteiger partial charge < -0.3 is 24.5 Å². The quantitative estimate of drug-likeness (QED) is 0.480. The Morgan fingerprint density at radius 1 is 1.00 bits per heavy atom. The summed E-state index contributed by atoms with van der Waals surface area (Å²) in [6.07, 6.45) is 9.04. The van der Waals surface area contributed by atoms with Crippen molar-refractivity contribution in [1.29, 1.82) is 0 Å². The van der Waals surface area contributed by atoms with Gasteiger partial charge in [-0.15, -0.1) is 11.8 Å². The van der Waals surface area contributed by atoms with Crippen LogP contribution in [-0.4, -0.2) is 130 Å². The third-order valence-corrected chi connectivity index (χ3v) is 10.5. The fourth-order valence-electron chi connectivity index (χ4n) is 6.88. The number of carbonyl (C=O) groups excluding carboxylic acids is 3. The maximum atomic E-state index is 14.3. The smallest absolute Gasteiger partial charge is 0.247 e. The number of aliphatic hydroxyl groups is 1. The first kappa shape index (κ1) is 26.7. The second kappa shape index (κ2) is 10.4. The predicted octanol–water partition coefficient (Wildman–Crippen LogP) is 0.594. The Morgan fingerprint density at radius 2 is 1.68 bits per heavy atom. The van der Waals surface area contributed by atoms with Gasteiger partial charge in [-0.25, -0.2) is 0 Å². The molecule has 0 aromatic heterocycles. The third-order valence-electron chi connectivity index (χ3n) is 8.68. The van der Waals surface area contributed by atoms with Crippen LogP contribution in [0.4, 0.5) is 0 Å². The molecule has 0 radical (unpaired) electrons. The molecule has 204 valence electrons. The molecule has 0 aromatic rings. The van der Waals surface area contributed by atoms with E-state index < -0.39 is 33.4 Å². The van der Waals surface area contributed by atoms with E-state index in [1.807, 2.05) is 41.9 Å². The number of rotatable bonds is 7. The molecule has 9 nitrogen and oxygen atoms in total. The number of morpholine rings is 1. The van der Waals surface area contributed by atoms with Gasteiger partial charge >= 0.3 is 0 Å². The van der Waals surface area contributed by atoms with E-state index in [-0.39, 0.29) is 24.3 Å². The number of hydrogen-bond donors (Lipinski definition) is 1. The summed E-state index contributed by atoms with van der Waals surface area (Å²) in [7, 11) is 0. The Kier molecular flexibility index (Phi) is 7.48. The molecular weight excluding hydrogens is 492 g/mol. The predicted molar refractivity (Wildman–Crippen MR) is 142 cm³/mol. The lowest BCUT2D eigenvalue weighted by molar-refractivity contribution is -0.147. The number of nitrogens with zero attached hydrogens (tertiary/aromatic N) is 4. The largest absolute Gasteiger partial charge is 0.394 e. The summed E-state index contributed by atoms with van der Waals surface area (Å²) in [4.78, 5) is 50.0. The van der Waals surface area contributed by atoms with Gasteiger partial charge in [-0.1, -0.05) is 31.2 Å². The molecule has 10 heteroatoms. The van der Waals surface area contributed by atoms with Crippen LogP contribution < -0.4 is 0 Å². The average molecular weight is 533 g/mol. The van der Waals surface area contributed by atoms with E-state index in [2.05, 4.69) is 11.0 Å². The van der Waals surface area contributed by atoms with Crippen molar-refractivity contribution in [3.63, 3.8) is 0 Å². The van der Waals surface area contributed by atoms with E-state index in [1.54, 1.807) is 23.6 Å². The molecule has 5 heterocycles. The molecule has 37 heavy (non-hydrogen) atoms. The highest BCUT2D eigenvalue weighted by Gasteiger charge is 2.74. The van der Waals surface area contributed by atoms with Crippen LogP contribution in [0.15, 0.2) is 24.3 Å². The van der Waals surface area contributed by atoms with Gasteiger partial charge in [-0.05, 0) is 20.3 Å². The van der Waals surface area contributed by atoms with Crippen LogP contribution in [0.1, 0.15) is 27.2 Å². The minimum absolute atomic E-state index is 0.0106. The van der Waals surface area contributed by atoms with Gasteiger partial charge in [0.15, 0.2) is 0 Å². The van der Waals surface area contributed by atoms with Crippen LogP contribution in [0, 0.1) is 11.8 Å². The molecule has 5 aliphatic heterocycles. The lowest BCUT2D eigenvalue weighted by Crippen LogP contribution is -2.57. The number of ether oxygens (including phenoxy) is 1. The van der Waals surface area contributed by atoms with E-state index >= 15 is 0 Å². The van der Waals surface area contributed by atoms with Crippen molar-refractivity contribution in [2.45, 2.75) is 48.8 Å². The summed E-state index contributed by atoms with van der Waals surface area (Å²) in [5.41, 5.74) is 0. The highest BCUT2D eigenvalue weighted by atomic mass is 32.2. The number of amides is 3. The average Bonchev–Trinajstić information content (AvgIpc) is 3.18. The lowest BCUT2D eigenvalue weighted by Gasteiger charge is -2.39. The number of fused-ring (bicyclic) bond motifs is 2. The van der Waals surface area contributed by atoms with Gasteiger partial charge in [0.2, 0.25) is 17.7 Å². The molecule has 5 rings (SSSR count). The minimum atomic E-state index is -0.861. The van der Waals surface area contributed by atoms with E-state index in [4.69, 9.17) is 4.74 Å². The number of likely N-dealkylation sites (tertiary alicyclic amines) is 1. The lowest BCUT2D eigenvalue weighted by atomic mass is 9.74. The summed E-state index contributed by atoms with van der Waals surface area (Å²) >= 11 is 1.60. The summed E-state index contributed by atoms with van der Waals surface area (Å²) in [6.45, 7) is 11.7. The first-order valence-electron chi connectivity index (χ1n) is 13.6. The molecule has 5 aliphatic rings. The van der Waals surface area contributed by atoms with E-state index in [9.17, 15) is 19.5 Å². The highest BCUT2D eigenvalue weighted by Crippen LogP contribution is 2.65. The monoisotopic (exact) mass is 532 g/mol. The van der Waals surface area contributed by atoms with E-state index in [1.165, 1.54) is 0 Å². The number of hydrogen-bond acceptors (Lipinski definition) is 7. The maximum Gasteiger partial charge on any atom is 0.247 e. The first-order valence-corrected chi connectivity index (χ1v) is 14.5. The molecule has 0 saturated carbocycles. The second-order valence-corrected chi connectivity index (χ2v) is 12.9. The SMILES string of the molecule is CCCN1CC=C[C@]2(C)S[C@]34C=CCN(CCN5CCOCC5)C(=O)C3N([C@H](C)CO)C(=O)[C@@H]4[C@@H]2C1=O. The molecule has 1 spiro atoms. The molecule has 0 bridgehead atoms. The molecular formula is C27H40N4O5S. The van der Waals surface area contributed by atoms with Crippen LogP contribution in [-0.2, 0) is 19.1 Å². The summed E-state index contributed by atoms with van der Waals surface area (Å²) in [6, 6.07) is -1.28. The Bertz CT molecular complexity index is 984. The van der Waals surface area contributed by atoms with Crippen molar-refractivity contribution in [1.82, 2.24) is 19.6 Å². The molecule has 3 fully saturated rings. The molecule has 6 atom stereocenters. The Morgan fingerprint density at radius 3 is 2.35 bits per heavy atom. The van der Waals surface area contributed by atoms with Gasteiger partial charge in [-0.3, -0.25) is 19.3 Å². The molecule has 0 aromatic carbocycles.